The fraction of sp³-hybridized carbons (Fsp3) is 0.192. The largest absolute Gasteiger partial charge is 0.497 e. The summed E-state index contributed by atoms with van der Waals surface area (Å²) in [5.74, 6) is -0.941. The first-order chi connectivity index (χ1) is 17.4. The van der Waals surface area contributed by atoms with Crippen molar-refractivity contribution in [3.8, 4) is 17.2 Å². The zero-order chi connectivity index (χ0) is 25.9. The van der Waals surface area contributed by atoms with Gasteiger partial charge in [-0.05, 0) is 60.2 Å². The number of carbonyl (C=O) groups excluding carboxylic acids is 3. The van der Waals surface area contributed by atoms with Gasteiger partial charge in [0.1, 0.15) is 11.6 Å². The van der Waals surface area contributed by atoms with Gasteiger partial charge in [0.25, 0.3) is 11.8 Å². The van der Waals surface area contributed by atoms with E-state index in [-0.39, 0.29) is 30.2 Å². The highest BCUT2D eigenvalue weighted by Gasteiger charge is 2.15. The Kier molecular flexibility index (Phi) is 9.21. The fourth-order valence-electron chi connectivity index (χ4n) is 3.00. The highest BCUT2D eigenvalue weighted by Crippen LogP contribution is 2.28. The third kappa shape index (κ3) is 7.73. The number of esters is 1. The van der Waals surface area contributed by atoms with Gasteiger partial charge in [-0.1, -0.05) is 12.1 Å². The van der Waals surface area contributed by atoms with Crippen LogP contribution in [0.1, 0.15) is 15.9 Å². The summed E-state index contributed by atoms with van der Waals surface area (Å²) < 4.78 is 33.8. The molecule has 0 spiro atoms. The lowest BCUT2D eigenvalue weighted by atomic mass is 10.2. The van der Waals surface area contributed by atoms with Crippen LogP contribution in [0.2, 0.25) is 0 Å². The van der Waals surface area contributed by atoms with E-state index >= 15 is 0 Å². The Labute approximate surface area is 207 Å². The molecule has 0 radical (unpaired) electrons. The summed E-state index contributed by atoms with van der Waals surface area (Å²) in [4.78, 5) is 36.5. The van der Waals surface area contributed by atoms with Gasteiger partial charge in [0.15, 0.2) is 24.7 Å². The molecule has 0 saturated heterocycles. The summed E-state index contributed by atoms with van der Waals surface area (Å²) in [5, 5.41) is 5.23. The van der Waals surface area contributed by atoms with Gasteiger partial charge in [0.2, 0.25) is 0 Å². The Hall–Kier alpha value is -4.60. The molecule has 2 amide bonds. The molecule has 2 N–H and O–H groups in total. The van der Waals surface area contributed by atoms with Gasteiger partial charge < -0.3 is 29.6 Å². The first-order valence-electron chi connectivity index (χ1n) is 10.8. The van der Waals surface area contributed by atoms with Crippen LogP contribution in [0.25, 0.3) is 0 Å². The second-order valence-corrected chi connectivity index (χ2v) is 7.41. The standard InChI is InChI=1S/C26H25FN2O7/c1-33-21-10-3-17(4-11-21)14-28-24(30)15-36-26(32)18-5-12-22(23(13-18)34-2)35-16-25(31)29-20-8-6-19(27)7-9-20/h3-13H,14-16H2,1-2H3,(H,28,30)(H,29,31). The average Bonchev–Trinajstić information content (AvgIpc) is 2.90. The number of benzene rings is 3. The predicted octanol–water partition coefficient (Wildman–Crippen LogP) is 3.33. The molecule has 0 aromatic heterocycles. The smallest absolute Gasteiger partial charge is 0.338 e. The van der Waals surface area contributed by atoms with Crippen molar-refractivity contribution in [1.82, 2.24) is 5.32 Å². The summed E-state index contributed by atoms with van der Waals surface area (Å²) in [6.45, 7) is -0.528. The Morgan fingerprint density at radius 1 is 0.806 bits per heavy atom. The van der Waals surface area contributed by atoms with Crippen LogP contribution in [0.4, 0.5) is 10.1 Å². The Morgan fingerprint density at radius 2 is 1.53 bits per heavy atom. The zero-order valence-corrected chi connectivity index (χ0v) is 19.7. The molecule has 0 heterocycles. The van der Waals surface area contributed by atoms with E-state index < -0.39 is 30.2 Å². The first-order valence-corrected chi connectivity index (χ1v) is 10.8. The molecule has 3 rings (SSSR count). The molecule has 188 valence electrons. The number of methoxy groups -OCH3 is 2. The topological polar surface area (TPSA) is 112 Å². The minimum absolute atomic E-state index is 0.137. The molecule has 0 saturated carbocycles. The molecule has 0 fully saturated rings. The third-order valence-corrected chi connectivity index (χ3v) is 4.87. The summed E-state index contributed by atoms with van der Waals surface area (Å²) >= 11 is 0. The zero-order valence-electron chi connectivity index (χ0n) is 19.7. The predicted molar refractivity (Wildman–Crippen MR) is 129 cm³/mol. The van der Waals surface area contributed by atoms with Crippen LogP contribution in [0.3, 0.4) is 0 Å². The van der Waals surface area contributed by atoms with Crippen LogP contribution in [0.5, 0.6) is 17.2 Å². The molecule has 0 bridgehead atoms. The summed E-state index contributed by atoms with van der Waals surface area (Å²) in [6.07, 6.45) is 0. The molecule has 0 aliphatic rings. The molecule has 9 nitrogen and oxygen atoms in total. The lowest BCUT2D eigenvalue weighted by Crippen LogP contribution is -2.28. The number of ether oxygens (including phenoxy) is 4. The van der Waals surface area contributed by atoms with Gasteiger partial charge in [0, 0.05) is 12.2 Å². The van der Waals surface area contributed by atoms with E-state index in [4.69, 9.17) is 18.9 Å². The van der Waals surface area contributed by atoms with E-state index in [2.05, 4.69) is 10.6 Å². The lowest BCUT2D eigenvalue weighted by molar-refractivity contribution is -0.124. The third-order valence-electron chi connectivity index (χ3n) is 4.87. The monoisotopic (exact) mass is 496 g/mol. The van der Waals surface area contributed by atoms with E-state index in [1.807, 2.05) is 12.1 Å². The van der Waals surface area contributed by atoms with Gasteiger partial charge in [-0.2, -0.15) is 0 Å². The highest BCUT2D eigenvalue weighted by atomic mass is 19.1. The molecule has 0 aliphatic carbocycles. The molecule has 0 aliphatic heterocycles. The molecule has 36 heavy (non-hydrogen) atoms. The lowest BCUT2D eigenvalue weighted by Gasteiger charge is -2.12. The fourth-order valence-corrected chi connectivity index (χ4v) is 3.00. The van der Waals surface area contributed by atoms with E-state index in [1.165, 1.54) is 49.6 Å². The Bertz CT molecular complexity index is 1200. The second kappa shape index (κ2) is 12.7. The van der Waals surface area contributed by atoms with Crippen molar-refractivity contribution in [3.63, 3.8) is 0 Å². The van der Waals surface area contributed by atoms with Gasteiger partial charge >= 0.3 is 5.97 Å². The van der Waals surface area contributed by atoms with Crippen molar-refractivity contribution in [2.24, 2.45) is 0 Å². The maximum Gasteiger partial charge on any atom is 0.338 e. The summed E-state index contributed by atoms with van der Waals surface area (Å²) in [6, 6.07) is 16.7. The Morgan fingerprint density at radius 3 is 2.19 bits per heavy atom. The van der Waals surface area contributed by atoms with Crippen molar-refractivity contribution < 1.29 is 37.7 Å². The number of amides is 2. The van der Waals surface area contributed by atoms with Crippen LogP contribution in [-0.4, -0.2) is 45.2 Å². The van der Waals surface area contributed by atoms with E-state index in [9.17, 15) is 18.8 Å². The number of hydrogen-bond acceptors (Lipinski definition) is 7. The van der Waals surface area contributed by atoms with E-state index in [0.29, 0.717) is 11.4 Å². The van der Waals surface area contributed by atoms with Crippen molar-refractivity contribution in [2.45, 2.75) is 6.54 Å². The van der Waals surface area contributed by atoms with Gasteiger partial charge in [-0.25, -0.2) is 9.18 Å². The normalized spacial score (nSPS) is 10.2. The minimum Gasteiger partial charge on any atom is -0.497 e. The van der Waals surface area contributed by atoms with Crippen LogP contribution >= 0.6 is 0 Å². The van der Waals surface area contributed by atoms with Crippen LogP contribution < -0.4 is 24.8 Å². The molecular formula is C26H25FN2O7. The minimum atomic E-state index is -0.728. The number of halogens is 1. The quantitative estimate of drug-likeness (QED) is 0.392. The van der Waals surface area contributed by atoms with Gasteiger partial charge in [0.05, 0.1) is 19.8 Å². The highest BCUT2D eigenvalue weighted by molar-refractivity contribution is 5.93. The number of carbonyl (C=O) groups is 3. The first kappa shape index (κ1) is 26.0. The van der Waals surface area contributed by atoms with Crippen LogP contribution in [0, 0.1) is 5.82 Å². The maximum absolute atomic E-state index is 13.0. The molecule has 3 aromatic rings. The molecule has 10 heteroatoms. The number of hydrogen-bond donors (Lipinski definition) is 2. The van der Waals surface area contributed by atoms with Crippen LogP contribution in [-0.2, 0) is 20.9 Å². The molecule has 0 atom stereocenters. The number of anilines is 1. The summed E-state index contributed by atoms with van der Waals surface area (Å²) in [5.41, 5.74) is 1.42. The number of nitrogens with one attached hydrogen (secondary N) is 2. The summed E-state index contributed by atoms with van der Waals surface area (Å²) in [7, 11) is 2.94. The van der Waals surface area contributed by atoms with Gasteiger partial charge in [-0.15, -0.1) is 0 Å². The Balaban J connectivity index is 1.47. The van der Waals surface area contributed by atoms with E-state index in [1.54, 1.807) is 19.2 Å². The van der Waals surface area contributed by atoms with Crippen molar-refractivity contribution >= 4 is 23.5 Å². The molecular weight excluding hydrogens is 471 g/mol. The SMILES string of the molecule is COc1ccc(CNC(=O)COC(=O)c2ccc(OCC(=O)Nc3ccc(F)cc3)c(OC)c2)cc1. The maximum atomic E-state index is 13.0. The van der Waals surface area contributed by atoms with Crippen molar-refractivity contribution in [1.29, 1.82) is 0 Å². The average molecular weight is 496 g/mol. The van der Waals surface area contributed by atoms with Crippen molar-refractivity contribution in [3.05, 3.63) is 83.7 Å². The van der Waals surface area contributed by atoms with E-state index in [0.717, 1.165) is 5.56 Å². The van der Waals surface area contributed by atoms with Gasteiger partial charge in [-0.3, -0.25) is 9.59 Å². The second-order valence-electron chi connectivity index (χ2n) is 7.41. The number of rotatable bonds is 11. The van der Waals surface area contributed by atoms with Crippen molar-refractivity contribution in [2.75, 3.05) is 32.8 Å². The van der Waals surface area contributed by atoms with Crippen LogP contribution in [0.15, 0.2) is 66.7 Å². The molecule has 0 unspecified atom stereocenters. The molecule has 3 aromatic carbocycles.